The maximum Gasteiger partial charge on any atom is 0.407 e. The number of nitro benzene ring substituents is 1. The fraction of sp³-hybridized carbons (Fsp3) is 0.529. The molecule has 1 fully saturated rings. The molecule has 26 heavy (non-hydrogen) atoms. The molecule has 1 aliphatic rings. The molecule has 3 N–H and O–H groups in total. The standard InChI is InChI=1S/C17H24N4O5/c1-17(2,3)26-16(23)19-11-6-8-20(9-7-11)14-5-4-12(21(24)25)10-13(14)15(18)22/h4-5,10-11H,6-9H2,1-3H3,(H2,18,22)(H,19,23). The second-order valence-electron chi connectivity index (χ2n) is 7.23. The van der Waals surface area contributed by atoms with Gasteiger partial charge in [-0.2, -0.15) is 0 Å². The summed E-state index contributed by atoms with van der Waals surface area (Å²) in [5.74, 6) is -0.710. The maximum absolute atomic E-state index is 11.9. The molecule has 142 valence electrons. The summed E-state index contributed by atoms with van der Waals surface area (Å²) >= 11 is 0. The molecule has 0 aromatic heterocycles. The minimum Gasteiger partial charge on any atom is -0.444 e. The van der Waals surface area contributed by atoms with Crippen LogP contribution in [0.4, 0.5) is 16.2 Å². The van der Waals surface area contributed by atoms with E-state index >= 15 is 0 Å². The number of hydrogen-bond donors (Lipinski definition) is 2. The van der Waals surface area contributed by atoms with Crippen molar-refractivity contribution >= 4 is 23.4 Å². The Balaban J connectivity index is 2.02. The number of nitrogens with one attached hydrogen (secondary N) is 1. The lowest BCUT2D eigenvalue weighted by atomic mass is 10.0. The molecule has 1 aromatic carbocycles. The molecule has 1 aliphatic heterocycles. The number of primary amides is 1. The summed E-state index contributed by atoms with van der Waals surface area (Å²) in [6.45, 7) is 6.57. The van der Waals surface area contributed by atoms with E-state index in [-0.39, 0.29) is 17.3 Å². The van der Waals surface area contributed by atoms with Gasteiger partial charge in [-0.3, -0.25) is 14.9 Å². The predicted octanol–water partition coefficient (Wildman–Crippen LogP) is 2.19. The van der Waals surface area contributed by atoms with Gasteiger partial charge in [0.2, 0.25) is 0 Å². The monoisotopic (exact) mass is 364 g/mol. The Labute approximate surface area is 151 Å². The Morgan fingerprint density at radius 3 is 2.42 bits per heavy atom. The van der Waals surface area contributed by atoms with Crippen molar-refractivity contribution in [2.24, 2.45) is 5.73 Å². The van der Waals surface area contributed by atoms with Crippen molar-refractivity contribution in [1.82, 2.24) is 5.32 Å². The smallest absolute Gasteiger partial charge is 0.407 e. The maximum atomic E-state index is 11.9. The SMILES string of the molecule is CC(C)(C)OC(=O)NC1CCN(c2ccc([N+](=O)[O-])cc2C(N)=O)CC1. The van der Waals surface area contributed by atoms with Gasteiger partial charge < -0.3 is 20.7 Å². The number of amides is 2. The van der Waals surface area contributed by atoms with Gasteiger partial charge in [0, 0.05) is 31.3 Å². The lowest BCUT2D eigenvalue weighted by Gasteiger charge is -2.35. The topological polar surface area (TPSA) is 128 Å². The van der Waals surface area contributed by atoms with Crippen LogP contribution in [0, 0.1) is 10.1 Å². The molecule has 0 aliphatic carbocycles. The van der Waals surface area contributed by atoms with Crippen LogP contribution in [0.1, 0.15) is 44.0 Å². The van der Waals surface area contributed by atoms with Gasteiger partial charge in [-0.05, 0) is 39.7 Å². The highest BCUT2D eigenvalue weighted by atomic mass is 16.6. The van der Waals surface area contributed by atoms with Crippen LogP contribution in [0.3, 0.4) is 0 Å². The number of carbonyl (C=O) groups is 2. The summed E-state index contributed by atoms with van der Waals surface area (Å²) in [5.41, 5.74) is 5.34. The van der Waals surface area contributed by atoms with Crippen LogP contribution < -0.4 is 16.0 Å². The number of nitro groups is 1. The first kappa shape index (κ1) is 19.5. The number of nitrogens with zero attached hydrogens (tertiary/aromatic N) is 2. The molecule has 0 saturated carbocycles. The van der Waals surface area contributed by atoms with E-state index in [2.05, 4.69) is 5.32 Å². The molecule has 1 aromatic rings. The Hall–Kier alpha value is -2.84. The average molecular weight is 364 g/mol. The largest absolute Gasteiger partial charge is 0.444 e. The first-order valence-electron chi connectivity index (χ1n) is 8.39. The predicted molar refractivity (Wildman–Crippen MR) is 96.2 cm³/mol. The van der Waals surface area contributed by atoms with E-state index in [0.29, 0.717) is 31.6 Å². The summed E-state index contributed by atoms with van der Waals surface area (Å²) in [7, 11) is 0. The second kappa shape index (κ2) is 7.59. The number of anilines is 1. The van der Waals surface area contributed by atoms with Crippen molar-refractivity contribution in [2.75, 3.05) is 18.0 Å². The molecule has 0 radical (unpaired) electrons. The lowest BCUT2D eigenvalue weighted by Crippen LogP contribution is -2.46. The summed E-state index contributed by atoms with van der Waals surface area (Å²) in [5, 5.41) is 13.7. The van der Waals surface area contributed by atoms with E-state index in [1.807, 2.05) is 4.90 Å². The van der Waals surface area contributed by atoms with Crippen LogP contribution in [0.25, 0.3) is 0 Å². The molecule has 1 saturated heterocycles. The normalized spacial score (nSPS) is 15.4. The van der Waals surface area contributed by atoms with Crippen LogP contribution in [0.15, 0.2) is 18.2 Å². The quantitative estimate of drug-likeness (QED) is 0.622. The minimum atomic E-state index is -0.710. The number of non-ortho nitro benzene ring substituents is 1. The molecule has 9 heteroatoms. The molecule has 2 amide bonds. The summed E-state index contributed by atoms with van der Waals surface area (Å²) in [6, 6.07) is 4.06. The van der Waals surface area contributed by atoms with Gasteiger partial charge in [0.05, 0.1) is 16.2 Å². The van der Waals surface area contributed by atoms with E-state index < -0.39 is 22.5 Å². The van der Waals surface area contributed by atoms with Gasteiger partial charge in [-0.1, -0.05) is 0 Å². The van der Waals surface area contributed by atoms with Crippen molar-refractivity contribution in [3.63, 3.8) is 0 Å². The fourth-order valence-corrected chi connectivity index (χ4v) is 2.85. The van der Waals surface area contributed by atoms with Crippen LogP contribution in [0.5, 0.6) is 0 Å². The van der Waals surface area contributed by atoms with E-state index in [4.69, 9.17) is 10.5 Å². The number of carbonyl (C=O) groups excluding carboxylic acids is 2. The third-order valence-electron chi connectivity index (χ3n) is 4.01. The summed E-state index contributed by atoms with van der Waals surface area (Å²) in [6.07, 6.45) is 0.868. The molecule has 2 rings (SSSR count). The summed E-state index contributed by atoms with van der Waals surface area (Å²) < 4.78 is 5.25. The Kier molecular flexibility index (Phi) is 5.69. The molecule has 0 unspecified atom stereocenters. The molecular weight excluding hydrogens is 340 g/mol. The van der Waals surface area contributed by atoms with Crippen LogP contribution >= 0.6 is 0 Å². The Bertz CT molecular complexity index is 706. The van der Waals surface area contributed by atoms with Crippen molar-refractivity contribution in [3.05, 3.63) is 33.9 Å². The zero-order valence-corrected chi connectivity index (χ0v) is 15.2. The number of rotatable bonds is 4. The van der Waals surface area contributed by atoms with Crippen LogP contribution in [-0.4, -0.2) is 41.7 Å². The van der Waals surface area contributed by atoms with Gasteiger partial charge in [-0.25, -0.2) is 4.79 Å². The Morgan fingerprint density at radius 2 is 1.92 bits per heavy atom. The van der Waals surface area contributed by atoms with Gasteiger partial charge in [0.25, 0.3) is 11.6 Å². The number of piperidine rings is 1. The lowest BCUT2D eigenvalue weighted by molar-refractivity contribution is -0.384. The van der Waals surface area contributed by atoms with Crippen LogP contribution in [0.2, 0.25) is 0 Å². The molecule has 0 spiro atoms. The molecule has 0 atom stereocenters. The summed E-state index contributed by atoms with van der Waals surface area (Å²) in [4.78, 5) is 35.8. The van der Waals surface area contributed by atoms with E-state index in [1.165, 1.54) is 12.1 Å². The van der Waals surface area contributed by atoms with E-state index in [0.717, 1.165) is 0 Å². The van der Waals surface area contributed by atoms with E-state index in [9.17, 15) is 19.7 Å². The van der Waals surface area contributed by atoms with Crippen molar-refractivity contribution in [2.45, 2.75) is 45.3 Å². The number of alkyl carbamates (subject to hydrolysis) is 1. The first-order valence-corrected chi connectivity index (χ1v) is 8.39. The fourth-order valence-electron chi connectivity index (χ4n) is 2.85. The molecule has 1 heterocycles. The number of ether oxygens (including phenoxy) is 1. The molecular formula is C17H24N4O5. The van der Waals surface area contributed by atoms with Crippen molar-refractivity contribution in [3.8, 4) is 0 Å². The third-order valence-corrected chi connectivity index (χ3v) is 4.01. The highest BCUT2D eigenvalue weighted by molar-refractivity contribution is 5.99. The van der Waals surface area contributed by atoms with Gasteiger partial charge >= 0.3 is 6.09 Å². The number of hydrogen-bond acceptors (Lipinski definition) is 6. The highest BCUT2D eigenvalue weighted by Gasteiger charge is 2.26. The second-order valence-corrected chi connectivity index (χ2v) is 7.23. The molecule has 9 nitrogen and oxygen atoms in total. The van der Waals surface area contributed by atoms with Gasteiger partial charge in [-0.15, -0.1) is 0 Å². The zero-order valence-electron chi connectivity index (χ0n) is 15.2. The zero-order chi connectivity index (χ0) is 19.5. The first-order chi connectivity index (χ1) is 12.1. The highest BCUT2D eigenvalue weighted by Crippen LogP contribution is 2.28. The van der Waals surface area contributed by atoms with Gasteiger partial charge in [0.15, 0.2) is 0 Å². The number of benzene rings is 1. The van der Waals surface area contributed by atoms with Crippen LogP contribution in [-0.2, 0) is 4.74 Å². The molecule has 0 bridgehead atoms. The van der Waals surface area contributed by atoms with E-state index in [1.54, 1.807) is 26.8 Å². The average Bonchev–Trinajstić information content (AvgIpc) is 2.53. The van der Waals surface area contributed by atoms with Gasteiger partial charge in [0.1, 0.15) is 5.60 Å². The number of nitrogens with two attached hydrogens (primary N) is 1. The minimum absolute atomic E-state index is 0.0313. The third kappa shape index (κ3) is 5.08. The van der Waals surface area contributed by atoms with Crippen molar-refractivity contribution in [1.29, 1.82) is 0 Å². The Morgan fingerprint density at radius 1 is 1.31 bits per heavy atom. The van der Waals surface area contributed by atoms with Crippen molar-refractivity contribution < 1.29 is 19.2 Å².